The molecule has 2 aliphatic heterocycles. The van der Waals surface area contributed by atoms with Gasteiger partial charge in [0.15, 0.2) is 17.2 Å². The molecule has 40 heavy (non-hydrogen) atoms. The molecule has 2 N–H and O–H groups in total. The van der Waals surface area contributed by atoms with Crippen LogP contribution in [0.3, 0.4) is 0 Å². The molecule has 2 fully saturated rings. The molecule has 13 heteroatoms. The van der Waals surface area contributed by atoms with E-state index in [1.165, 1.54) is 7.11 Å². The molecule has 1 amide bonds. The first-order chi connectivity index (χ1) is 19.0. The van der Waals surface area contributed by atoms with Gasteiger partial charge in [-0.2, -0.15) is 4.57 Å². The van der Waals surface area contributed by atoms with Crippen LogP contribution >= 0.6 is 19.4 Å². The molecule has 0 spiro atoms. The zero-order valence-electron chi connectivity index (χ0n) is 22.1. The van der Waals surface area contributed by atoms with Crippen molar-refractivity contribution in [3.63, 3.8) is 0 Å². The Hall–Kier alpha value is -3.18. The molecule has 2 saturated heterocycles. The first kappa shape index (κ1) is 28.4. The average molecular weight is 591 g/mol. The van der Waals surface area contributed by atoms with Crippen molar-refractivity contribution < 1.29 is 42.4 Å². The summed E-state index contributed by atoms with van der Waals surface area (Å²) in [4.78, 5) is 33.6. The van der Waals surface area contributed by atoms with Gasteiger partial charge in [-0.1, -0.05) is 29.8 Å². The Morgan fingerprint density at radius 1 is 1.20 bits per heavy atom. The molecule has 0 aliphatic carbocycles. The molecule has 212 valence electrons. The Balaban J connectivity index is 1.42. The average Bonchev–Trinajstić information content (AvgIpc) is 3.30. The van der Waals surface area contributed by atoms with Crippen LogP contribution in [-0.2, 0) is 30.1 Å². The van der Waals surface area contributed by atoms with Gasteiger partial charge in [-0.25, -0.2) is 13.7 Å². The number of benzene rings is 2. The lowest BCUT2D eigenvalue weighted by molar-refractivity contribution is -0.596. The van der Waals surface area contributed by atoms with Crippen molar-refractivity contribution in [3.8, 4) is 11.4 Å². The summed E-state index contributed by atoms with van der Waals surface area (Å²) < 4.78 is 36.6. The largest absolute Gasteiger partial charge is 0.492 e. The molecule has 3 atom stereocenters. The van der Waals surface area contributed by atoms with Crippen LogP contribution in [-0.4, -0.2) is 57.6 Å². The third-order valence-corrected chi connectivity index (χ3v) is 7.70. The van der Waals surface area contributed by atoms with Crippen molar-refractivity contribution in [1.29, 1.82) is 0 Å². The van der Waals surface area contributed by atoms with Crippen LogP contribution in [0.2, 0.25) is 5.02 Å². The van der Waals surface area contributed by atoms with Crippen molar-refractivity contribution in [2.45, 2.75) is 38.8 Å². The number of hydrogen-bond donors (Lipinski definition) is 2. The number of imidazole rings is 1. The van der Waals surface area contributed by atoms with Crippen LogP contribution in [0.4, 0.5) is 0 Å². The third kappa shape index (κ3) is 5.95. The van der Waals surface area contributed by atoms with E-state index in [0.717, 1.165) is 5.56 Å². The SMILES string of the molecule is COc1cc(C=C2O[C@@H](C)[C@H]3COC[C@@H](c4ccc(Cl)cc4)N3C2=O)ccc1-[n+]1cc(C)n(COP(=O)(O)O)c1. The number of hydrogen-bond acceptors (Lipinski definition) is 6. The number of carbonyl (C=O) groups is 1. The molecule has 0 unspecified atom stereocenters. The zero-order valence-corrected chi connectivity index (χ0v) is 23.8. The van der Waals surface area contributed by atoms with E-state index < -0.39 is 7.82 Å². The summed E-state index contributed by atoms with van der Waals surface area (Å²) in [6, 6.07) is 12.4. The van der Waals surface area contributed by atoms with Crippen molar-refractivity contribution in [2.24, 2.45) is 0 Å². The summed E-state index contributed by atoms with van der Waals surface area (Å²) in [6.45, 7) is 4.17. The number of halogens is 1. The minimum absolute atomic E-state index is 0.221. The van der Waals surface area contributed by atoms with E-state index in [1.807, 2.05) is 36.1 Å². The normalized spacial score (nSPS) is 22.2. The summed E-state index contributed by atoms with van der Waals surface area (Å²) in [5.74, 6) is 0.525. The molecule has 2 aliphatic rings. The quantitative estimate of drug-likeness (QED) is 0.243. The molecule has 1 aromatic heterocycles. The summed E-state index contributed by atoms with van der Waals surface area (Å²) in [7, 11) is -3.07. The molecular formula is C27H30ClN3O8P+. The number of ether oxygens (including phenoxy) is 3. The van der Waals surface area contributed by atoms with Crippen molar-refractivity contribution in [3.05, 3.63) is 82.6 Å². The van der Waals surface area contributed by atoms with Crippen molar-refractivity contribution in [1.82, 2.24) is 9.47 Å². The number of amides is 1. The Labute approximate surface area is 236 Å². The first-order valence-corrected chi connectivity index (χ1v) is 14.5. The molecule has 0 bridgehead atoms. The van der Waals surface area contributed by atoms with Crippen LogP contribution in [0, 0.1) is 6.92 Å². The number of phosphoric acid groups is 1. The number of methoxy groups -OCH3 is 1. The fourth-order valence-corrected chi connectivity index (χ4v) is 5.34. The van der Waals surface area contributed by atoms with Crippen LogP contribution in [0.1, 0.15) is 29.8 Å². The highest BCUT2D eigenvalue weighted by Crippen LogP contribution is 2.37. The molecule has 3 aromatic rings. The van der Waals surface area contributed by atoms with E-state index in [0.29, 0.717) is 40.9 Å². The van der Waals surface area contributed by atoms with E-state index in [9.17, 15) is 9.36 Å². The van der Waals surface area contributed by atoms with Crippen LogP contribution in [0.15, 0.2) is 60.7 Å². The summed E-state index contributed by atoms with van der Waals surface area (Å²) in [6.07, 6.45) is 4.84. The van der Waals surface area contributed by atoms with Gasteiger partial charge in [0.2, 0.25) is 6.73 Å². The second-order valence-corrected chi connectivity index (χ2v) is 11.3. The smallest absolute Gasteiger partial charge is 0.472 e. The van der Waals surface area contributed by atoms with Gasteiger partial charge >= 0.3 is 7.82 Å². The minimum atomic E-state index is -4.61. The van der Waals surface area contributed by atoms with Gasteiger partial charge in [-0.3, -0.25) is 4.79 Å². The number of fused-ring (bicyclic) bond motifs is 1. The first-order valence-electron chi connectivity index (χ1n) is 12.5. The van der Waals surface area contributed by atoms with Crippen LogP contribution in [0.5, 0.6) is 5.75 Å². The van der Waals surface area contributed by atoms with E-state index in [2.05, 4.69) is 4.52 Å². The summed E-state index contributed by atoms with van der Waals surface area (Å²) in [5.41, 5.74) is 3.04. The second-order valence-electron chi connectivity index (χ2n) is 9.66. The Kier molecular flexibility index (Phi) is 8.05. The second kappa shape index (κ2) is 11.4. The molecule has 2 aromatic carbocycles. The van der Waals surface area contributed by atoms with Crippen LogP contribution in [0.25, 0.3) is 11.8 Å². The number of nitrogens with zero attached hydrogens (tertiary/aromatic N) is 3. The lowest BCUT2D eigenvalue weighted by Gasteiger charge is -2.47. The highest BCUT2D eigenvalue weighted by atomic mass is 35.5. The lowest BCUT2D eigenvalue weighted by atomic mass is 9.97. The maximum Gasteiger partial charge on any atom is 0.472 e. The van der Waals surface area contributed by atoms with Gasteiger partial charge in [-0.05, 0) is 48.4 Å². The molecule has 11 nitrogen and oxygen atoms in total. The molecule has 3 heterocycles. The maximum atomic E-state index is 13.7. The molecular weight excluding hydrogens is 561 g/mol. The van der Waals surface area contributed by atoms with Gasteiger partial charge in [0.05, 0.1) is 32.4 Å². The monoisotopic (exact) mass is 590 g/mol. The van der Waals surface area contributed by atoms with Gasteiger partial charge < -0.3 is 28.9 Å². The predicted octanol–water partition coefficient (Wildman–Crippen LogP) is 3.53. The lowest BCUT2D eigenvalue weighted by Crippen LogP contribution is -2.59. The number of aromatic nitrogens is 2. The van der Waals surface area contributed by atoms with Gasteiger partial charge in [0, 0.05) is 11.9 Å². The van der Waals surface area contributed by atoms with Crippen molar-refractivity contribution >= 4 is 31.4 Å². The molecule has 0 radical (unpaired) electrons. The Morgan fingerprint density at radius 2 is 1.95 bits per heavy atom. The standard InChI is InChI=1S/C27H29ClN3O8P/c1-17-12-29(15-30(17)16-38-40(33,34)35)22-9-4-19(10-25(22)36-3)11-26-27(32)31-23(18(2)39-26)13-37-14-24(31)20-5-7-21(28)8-6-20/h4-12,15,18,23-24H,13-14,16H2,1-3H3,(H-,33,34,35)/p+1/t18-,23+,24-/m0/s1. The maximum absolute atomic E-state index is 13.7. The highest BCUT2D eigenvalue weighted by molar-refractivity contribution is 7.46. The van der Waals surface area contributed by atoms with E-state index >= 15 is 0 Å². The van der Waals surface area contributed by atoms with Gasteiger partial charge in [0.1, 0.15) is 18.0 Å². The van der Waals surface area contributed by atoms with E-state index in [-0.39, 0.29) is 36.6 Å². The number of carbonyl (C=O) groups excluding carboxylic acids is 1. The number of phosphoric ester groups is 1. The molecule has 5 rings (SSSR count). The summed E-state index contributed by atoms with van der Waals surface area (Å²) >= 11 is 6.08. The van der Waals surface area contributed by atoms with Crippen LogP contribution < -0.4 is 9.30 Å². The fraction of sp³-hybridized carbons (Fsp3) is 0.333. The third-order valence-electron chi connectivity index (χ3n) is 7.00. The van der Waals surface area contributed by atoms with E-state index in [4.69, 9.17) is 35.6 Å². The zero-order chi connectivity index (χ0) is 28.6. The Bertz CT molecular complexity index is 1490. The molecule has 0 saturated carbocycles. The van der Waals surface area contributed by atoms with Crippen molar-refractivity contribution in [2.75, 3.05) is 20.3 Å². The summed E-state index contributed by atoms with van der Waals surface area (Å²) in [5, 5.41) is 0.621. The number of rotatable bonds is 7. The van der Waals surface area contributed by atoms with Gasteiger partial charge in [-0.15, -0.1) is 0 Å². The fourth-order valence-electron chi connectivity index (χ4n) is 4.94. The topological polar surface area (TPSA) is 124 Å². The highest BCUT2D eigenvalue weighted by Gasteiger charge is 2.45. The number of morpholine rings is 2. The predicted molar refractivity (Wildman–Crippen MR) is 145 cm³/mol. The minimum Gasteiger partial charge on any atom is -0.492 e. The Morgan fingerprint density at radius 3 is 2.65 bits per heavy atom. The number of aryl methyl sites for hydroxylation is 1. The van der Waals surface area contributed by atoms with Gasteiger partial charge in [0.25, 0.3) is 12.2 Å². The van der Waals surface area contributed by atoms with E-state index in [1.54, 1.807) is 52.9 Å².